The number of rotatable bonds is 5. The topological polar surface area (TPSA) is 58.2 Å². The van der Waals surface area contributed by atoms with Crippen molar-refractivity contribution in [3.8, 4) is 0 Å². The summed E-state index contributed by atoms with van der Waals surface area (Å²) < 4.78 is 0. The summed E-state index contributed by atoms with van der Waals surface area (Å²) in [6, 6.07) is 0.613. The fourth-order valence-electron chi connectivity index (χ4n) is 9.40. The minimum Gasteiger partial charge on any atom is -0.353 e. The Hall–Kier alpha value is -1.06. The van der Waals surface area contributed by atoms with Crippen molar-refractivity contribution in [2.75, 3.05) is 0 Å². The van der Waals surface area contributed by atoms with E-state index in [1.165, 1.54) is 25.7 Å². The van der Waals surface area contributed by atoms with Crippen LogP contribution in [0.15, 0.2) is 0 Å². The van der Waals surface area contributed by atoms with Gasteiger partial charge in [-0.15, -0.1) is 0 Å². The monoisotopic (exact) mass is 456 g/mol. The number of hydrogen-bond acceptors (Lipinski definition) is 2. The molecule has 4 heteroatoms. The van der Waals surface area contributed by atoms with Gasteiger partial charge in [-0.25, -0.2) is 0 Å². The van der Waals surface area contributed by atoms with E-state index in [-0.39, 0.29) is 34.0 Å². The molecule has 0 aromatic rings. The maximum Gasteiger partial charge on any atom is 0.223 e. The molecular formula is C29H48N2O2. The molecule has 2 N–H and O–H groups in total. The van der Waals surface area contributed by atoms with Gasteiger partial charge in [0.15, 0.2) is 0 Å². The van der Waals surface area contributed by atoms with Crippen LogP contribution in [0.2, 0.25) is 0 Å². The third-order valence-corrected chi connectivity index (χ3v) is 13.5. The molecule has 0 aliphatic heterocycles. The molecule has 2 amide bonds. The van der Waals surface area contributed by atoms with Crippen molar-refractivity contribution < 1.29 is 9.59 Å². The van der Waals surface area contributed by atoms with Crippen LogP contribution in [-0.2, 0) is 9.59 Å². The second kappa shape index (κ2) is 7.00. The molecule has 4 bridgehead atoms. The summed E-state index contributed by atoms with van der Waals surface area (Å²) in [6.07, 6.45) is 8.73. The van der Waals surface area contributed by atoms with Crippen LogP contribution in [0.4, 0.5) is 0 Å². The van der Waals surface area contributed by atoms with Crippen LogP contribution in [0.5, 0.6) is 0 Å². The van der Waals surface area contributed by atoms with Gasteiger partial charge in [-0.3, -0.25) is 9.59 Å². The highest BCUT2D eigenvalue weighted by Crippen LogP contribution is 2.66. The van der Waals surface area contributed by atoms with E-state index in [4.69, 9.17) is 0 Å². The molecule has 0 aromatic carbocycles. The highest BCUT2D eigenvalue weighted by molar-refractivity contribution is 5.82. The van der Waals surface area contributed by atoms with E-state index in [0.717, 1.165) is 31.1 Å². The molecule has 5 fully saturated rings. The third-order valence-electron chi connectivity index (χ3n) is 13.5. The van der Waals surface area contributed by atoms with Crippen LogP contribution in [-0.4, -0.2) is 23.9 Å². The summed E-state index contributed by atoms with van der Waals surface area (Å²) in [7, 11) is 0. The smallest absolute Gasteiger partial charge is 0.223 e. The Balaban J connectivity index is 1.16. The maximum absolute atomic E-state index is 13.3. The Morgan fingerprint density at radius 1 is 0.727 bits per heavy atom. The van der Waals surface area contributed by atoms with E-state index in [9.17, 15) is 9.59 Å². The predicted molar refractivity (Wildman–Crippen MR) is 132 cm³/mol. The first-order valence-corrected chi connectivity index (χ1v) is 13.7. The first-order chi connectivity index (χ1) is 15.1. The van der Waals surface area contributed by atoms with Gasteiger partial charge in [0.1, 0.15) is 0 Å². The highest BCUT2D eigenvalue weighted by Gasteiger charge is 2.63. The summed E-state index contributed by atoms with van der Waals surface area (Å²) in [5, 5.41) is 6.93. The minimum absolute atomic E-state index is 0.0279. The predicted octanol–water partition coefficient (Wildman–Crippen LogP) is 5.70. The largest absolute Gasteiger partial charge is 0.353 e. The Morgan fingerprint density at radius 2 is 1.21 bits per heavy atom. The van der Waals surface area contributed by atoms with E-state index in [2.05, 4.69) is 66.0 Å². The van der Waals surface area contributed by atoms with Crippen LogP contribution in [0.3, 0.4) is 0 Å². The molecule has 5 aliphatic rings. The van der Waals surface area contributed by atoms with Gasteiger partial charge in [0.25, 0.3) is 0 Å². The SMILES string of the molecule is CC1(C)[C@H](CC(=O)N[C@@H]2C[C@H]3CC[C@@]2(C)C3(C)C)C[C@H]1C(=O)N[C@@H]1C[C@H]2CC[C@@]1(C)C2(C)C. The van der Waals surface area contributed by atoms with Gasteiger partial charge in [-0.2, -0.15) is 0 Å². The summed E-state index contributed by atoms with van der Waals surface area (Å²) in [5.74, 6) is 2.22. The van der Waals surface area contributed by atoms with Gasteiger partial charge in [0.2, 0.25) is 11.8 Å². The second-order valence-electron chi connectivity index (χ2n) is 14.9. The molecule has 5 saturated carbocycles. The molecule has 186 valence electrons. The van der Waals surface area contributed by atoms with Crippen LogP contribution in [0, 0.1) is 50.7 Å². The highest BCUT2D eigenvalue weighted by atomic mass is 16.2. The molecule has 0 heterocycles. The van der Waals surface area contributed by atoms with Crippen molar-refractivity contribution in [2.24, 2.45) is 50.7 Å². The van der Waals surface area contributed by atoms with E-state index in [0.29, 0.717) is 35.3 Å². The van der Waals surface area contributed by atoms with Gasteiger partial charge in [-0.1, -0.05) is 55.4 Å². The minimum atomic E-state index is -0.118. The lowest BCUT2D eigenvalue weighted by Gasteiger charge is -2.52. The number of amides is 2. The van der Waals surface area contributed by atoms with Crippen LogP contribution in [0.1, 0.15) is 107 Å². The molecule has 8 atom stereocenters. The molecule has 5 aliphatic carbocycles. The van der Waals surface area contributed by atoms with E-state index in [1.54, 1.807) is 0 Å². The molecule has 0 spiro atoms. The summed E-state index contributed by atoms with van der Waals surface area (Å²) in [5.41, 5.74) is 0.939. The molecule has 0 saturated heterocycles. The number of hydrogen-bond donors (Lipinski definition) is 2. The van der Waals surface area contributed by atoms with Gasteiger partial charge >= 0.3 is 0 Å². The quantitative estimate of drug-likeness (QED) is 0.557. The third kappa shape index (κ3) is 3.00. The average Bonchev–Trinajstić information content (AvgIpc) is 3.22. The molecule has 0 radical (unpaired) electrons. The van der Waals surface area contributed by atoms with Crippen molar-refractivity contribution >= 4 is 11.8 Å². The molecule has 0 unspecified atom stereocenters. The fraction of sp³-hybridized carbons (Fsp3) is 0.931. The number of nitrogens with one attached hydrogen (secondary N) is 2. The van der Waals surface area contributed by atoms with Crippen molar-refractivity contribution in [3.05, 3.63) is 0 Å². The van der Waals surface area contributed by atoms with Crippen molar-refractivity contribution in [2.45, 2.75) is 119 Å². The summed E-state index contributed by atoms with van der Waals surface area (Å²) in [4.78, 5) is 26.4. The maximum atomic E-state index is 13.3. The Bertz CT molecular complexity index is 860. The lowest BCUT2D eigenvalue weighted by molar-refractivity contribution is -0.146. The first-order valence-electron chi connectivity index (χ1n) is 13.7. The lowest BCUT2D eigenvalue weighted by atomic mass is 9.53. The van der Waals surface area contributed by atoms with Crippen molar-refractivity contribution in [3.63, 3.8) is 0 Å². The lowest BCUT2D eigenvalue weighted by Crippen LogP contribution is -2.57. The van der Waals surface area contributed by atoms with Gasteiger partial charge in [0, 0.05) is 24.4 Å². The van der Waals surface area contributed by atoms with Crippen LogP contribution >= 0.6 is 0 Å². The number of carbonyl (C=O) groups is 2. The average molecular weight is 457 g/mol. The van der Waals surface area contributed by atoms with Gasteiger partial charge in [-0.05, 0) is 89.8 Å². The Morgan fingerprint density at radius 3 is 1.61 bits per heavy atom. The van der Waals surface area contributed by atoms with Crippen LogP contribution < -0.4 is 10.6 Å². The molecule has 4 nitrogen and oxygen atoms in total. The van der Waals surface area contributed by atoms with Crippen LogP contribution in [0.25, 0.3) is 0 Å². The normalized spacial score (nSPS) is 47.9. The standard InChI is InChI=1S/C29H48N2O2/c1-25(2)19(16-23(32)30-21-14-17-9-11-28(21,7)26(17,3)4)13-20(25)24(33)31-22-15-18-10-12-29(22,8)27(18,5)6/h17-22H,9-16H2,1-8H3,(H,30,32)(H,31,33)/t17-,18-,19+,20+,21-,22-,28-,29-/m1/s1. The number of carbonyl (C=O) groups excluding carboxylic acids is 2. The zero-order valence-electron chi connectivity index (χ0n) is 22.4. The molecular weight excluding hydrogens is 408 g/mol. The van der Waals surface area contributed by atoms with E-state index < -0.39 is 0 Å². The van der Waals surface area contributed by atoms with E-state index >= 15 is 0 Å². The van der Waals surface area contributed by atoms with Crippen molar-refractivity contribution in [1.82, 2.24) is 10.6 Å². The number of fused-ring (bicyclic) bond motifs is 4. The first kappa shape index (κ1) is 23.7. The zero-order valence-corrected chi connectivity index (χ0v) is 22.4. The van der Waals surface area contributed by atoms with Gasteiger partial charge in [0.05, 0.1) is 0 Å². The second-order valence-corrected chi connectivity index (χ2v) is 14.9. The van der Waals surface area contributed by atoms with Crippen molar-refractivity contribution in [1.29, 1.82) is 0 Å². The summed E-state index contributed by atoms with van der Waals surface area (Å²) in [6.45, 7) is 18.8. The fourth-order valence-corrected chi connectivity index (χ4v) is 9.40. The molecule has 0 aromatic heterocycles. The Labute approximate surface area is 201 Å². The molecule has 5 rings (SSSR count). The van der Waals surface area contributed by atoms with E-state index in [1.807, 2.05) is 0 Å². The summed E-state index contributed by atoms with van der Waals surface area (Å²) >= 11 is 0. The van der Waals surface area contributed by atoms with Gasteiger partial charge < -0.3 is 10.6 Å². The Kier molecular flexibility index (Phi) is 5.02. The zero-order chi connectivity index (χ0) is 24.2. The molecule has 33 heavy (non-hydrogen) atoms.